The van der Waals surface area contributed by atoms with Crippen LogP contribution in [-0.4, -0.2) is 0 Å². The smallest absolute Gasteiger partial charge is 0.128 e. The molecule has 0 bridgehead atoms. The minimum atomic E-state index is -0.306. The molecule has 1 nitrogen and oxygen atoms in total. The van der Waals surface area contributed by atoms with Gasteiger partial charge in [0.15, 0.2) is 0 Å². The van der Waals surface area contributed by atoms with E-state index in [1.807, 2.05) is 0 Å². The number of hydrogen-bond acceptors (Lipinski definition) is 1. The van der Waals surface area contributed by atoms with Crippen LogP contribution in [0.25, 0.3) is 0 Å². The molecule has 0 saturated heterocycles. The molecular weight excluding hydrogens is 296 g/mol. The Labute approximate surface area is 119 Å². The molecule has 5 heteroatoms. The van der Waals surface area contributed by atoms with Gasteiger partial charge in [0.1, 0.15) is 5.82 Å². The molecule has 2 aromatic rings. The van der Waals surface area contributed by atoms with Crippen molar-refractivity contribution in [1.29, 1.82) is 0 Å². The lowest BCUT2D eigenvalue weighted by atomic mass is 10.2. The summed E-state index contributed by atoms with van der Waals surface area (Å²) in [6.45, 7) is 0.309. The molecule has 0 unspecified atom stereocenters. The van der Waals surface area contributed by atoms with Crippen LogP contribution in [0.4, 0.5) is 10.1 Å². The van der Waals surface area contributed by atoms with E-state index in [-0.39, 0.29) is 5.82 Å². The van der Waals surface area contributed by atoms with Crippen LogP contribution in [-0.2, 0) is 6.54 Å². The van der Waals surface area contributed by atoms with Crippen LogP contribution in [0, 0.1) is 5.82 Å². The summed E-state index contributed by atoms with van der Waals surface area (Å²) >= 11 is 17.5. The SMILES string of the molecule is Fc1ccc(Cl)cc1CNc1cc(Cl)cc(Cl)c1. The van der Waals surface area contributed by atoms with Gasteiger partial charge < -0.3 is 5.32 Å². The fourth-order valence-corrected chi connectivity index (χ4v) is 2.25. The number of hydrogen-bond donors (Lipinski definition) is 1. The molecule has 0 atom stereocenters. The van der Waals surface area contributed by atoms with Crippen molar-refractivity contribution in [1.82, 2.24) is 0 Å². The van der Waals surface area contributed by atoms with E-state index < -0.39 is 0 Å². The molecule has 94 valence electrons. The van der Waals surface area contributed by atoms with E-state index in [9.17, 15) is 4.39 Å². The molecule has 0 heterocycles. The fraction of sp³-hybridized carbons (Fsp3) is 0.0769. The van der Waals surface area contributed by atoms with Gasteiger partial charge in [-0.25, -0.2) is 4.39 Å². The zero-order chi connectivity index (χ0) is 13.1. The first-order valence-electron chi connectivity index (χ1n) is 5.18. The van der Waals surface area contributed by atoms with Crippen LogP contribution in [0.3, 0.4) is 0 Å². The summed E-state index contributed by atoms with van der Waals surface area (Å²) in [5.41, 5.74) is 1.21. The Kier molecular flexibility index (Phi) is 4.33. The molecular formula is C13H9Cl3FN. The van der Waals surface area contributed by atoms with Crippen molar-refractivity contribution >= 4 is 40.5 Å². The Morgan fingerprint density at radius 3 is 2.22 bits per heavy atom. The van der Waals surface area contributed by atoms with E-state index in [0.717, 1.165) is 5.69 Å². The lowest BCUT2D eigenvalue weighted by Crippen LogP contribution is -2.01. The Hall–Kier alpha value is -0.960. The molecule has 0 fully saturated rings. The molecule has 0 aliphatic heterocycles. The Balaban J connectivity index is 2.13. The summed E-state index contributed by atoms with van der Waals surface area (Å²) in [5, 5.41) is 4.59. The third kappa shape index (κ3) is 3.52. The van der Waals surface area contributed by atoms with Crippen LogP contribution in [0.5, 0.6) is 0 Å². The summed E-state index contributed by atoms with van der Waals surface area (Å²) in [6.07, 6.45) is 0. The largest absolute Gasteiger partial charge is 0.381 e. The summed E-state index contributed by atoms with van der Waals surface area (Å²) in [7, 11) is 0. The average molecular weight is 305 g/mol. The second-order valence-corrected chi connectivity index (χ2v) is 5.06. The van der Waals surface area contributed by atoms with Gasteiger partial charge in [0, 0.05) is 32.9 Å². The van der Waals surface area contributed by atoms with Crippen LogP contribution in [0.15, 0.2) is 36.4 Å². The first-order valence-corrected chi connectivity index (χ1v) is 6.32. The summed E-state index contributed by atoms with van der Waals surface area (Å²) in [5.74, 6) is -0.306. The first-order chi connectivity index (χ1) is 8.54. The van der Waals surface area contributed by atoms with Gasteiger partial charge in [0.05, 0.1) is 0 Å². The normalized spacial score (nSPS) is 10.4. The summed E-state index contributed by atoms with van der Waals surface area (Å²) < 4.78 is 13.5. The third-order valence-corrected chi connectivity index (χ3v) is 3.02. The fourth-order valence-electron chi connectivity index (χ4n) is 1.53. The first kappa shape index (κ1) is 13.5. The summed E-state index contributed by atoms with van der Waals surface area (Å²) in [4.78, 5) is 0. The maximum Gasteiger partial charge on any atom is 0.128 e. The van der Waals surface area contributed by atoms with E-state index in [1.165, 1.54) is 12.1 Å². The molecule has 0 aromatic heterocycles. The highest BCUT2D eigenvalue weighted by atomic mass is 35.5. The minimum Gasteiger partial charge on any atom is -0.381 e. The molecule has 0 aliphatic rings. The van der Waals surface area contributed by atoms with E-state index in [1.54, 1.807) is 24.3 Å². The second kappa shape index (κ2) is 5.79. The second-order valence-electron chi connectivity index (χ2n) is 3.75. The quantitative estimate of drug-likeness (QED) is 0.800. The van der Waals surface area contributed by atoms with Crippen LogP contribution >= 0.6 is 34.8 Å². The predicted molar refractivity (Wildman–Crippen MR) is 75.2 cm³/mol. The van der Waals surface area contributed by atoms with E-state index in [0.29, 0.717) is 27.2 Å². The Bertz CT molecular complexity index is 552. The monoisotopic (exact) mass is 303 g/mol. The van der Waals surface area contributed by atoms with Crippen molar-refractivity contribution in [2.45, 2.75) is 6.54 Å². The zero-order valence-corrected chi connectivity index (χ0v) is 11.5. The van der Waals surface area contributed by atoms with Crippen molar-refractivity contribution in [2.24, 2.45) is 0 Å². The molecule has 0 spiro atoms. The molecule has 0 amide bonds. The summed E-state index contributed by atoms with van der Waals surface area (Å²) in [6, 6.07) is 9.50. The maximum absolute atomic E-state index is 13.5. The van der Waals surface area contributed by atoms with Crippen LogP contribution in [0.1, 0.15) is 5.56 Å². The topological polar surface area (TPSA) is 12.0 Å². The zero-order valence-electron chi connectivity index (χ0n) is 9.18. The van der Waals surface area contributed by atoms with Crippen molar-refractivity contribution in [2.75, 3.05) is 5.32 Å². The van der Waals surface area contributed by atoms with Crippen LogP contribution in [0.2, 0.25) is 15.1 Å². The van der Waals surface area contributed by atoms with Gasteiger partial charge in [-0.15, -0.1) is 0 Å². The van der Waals surface area contributed by atoms with Gasteiger partial charge in [-0.1, -0.05) is 34.8 Å². The van der Waals surface area contributed by atoms with Gasteiger partial charge in [0.25, 0.3) is 0 Å². The Morgan fingerprint density at radius 1 is 0.889 bits per heavy atom. The molecule has 1 N–H and O–H groups in total. The standard InChI is InChI=1S/C13H9Cl3FN/c14-9-1-2-13(17)8(3-9)7-18-12-5-10(15)4-11(16)6-12/h1-6,18H,7H2. The van der Waals surface area contributed by atoms with Crippen molar-refractivity contribution < 1.29 is 4.39 Å². The van der Waals surface area contributed by atoms with E-state index >= 15 is 0 Å². The van der Waals surface area contributed by atoms with Gasteiger partial charge >= 0.3 is 0 Å². The van der Waals surface area contributed by atoms with Crippen molar-refractivity contribution in [3.63, 3.8) is 0 Å². The minimum absolute atomic E-state index is 0.306. The molecule has 2 aromatic carbocycles. The van der Waals surface area contributed by atoms with E-state index in [2.05, 4.69) is 5.32 Å². The number of nitrogens with one attached hydrogen (secondary N) is 1. The van der Waals surface area contributed by atoms with Gasteiger partial charge in [-0.3, -0.25) is 0 Å². The lowest BCUT2D eigenvalue weighted by molar-refractivity contribution is 0.613. The van der Waals surface area contributed by atoms with Crippen molar-refractivity contribution in [3.8, 4) is 0 Å². The predicted octanol–water partition coefficient (Wildman–Crippen LogP) is 5.40. The van der Waals surface area contributed by atoms with Crippen LogP contribution < -0.4 is 5.32 Å². The molecule has 18 heavy (non-hydrogen) atoms. The van der Waals surface area contributed by atoms with Gasteiger partial charge in [-0.05, 0) is 36.4 Å². The highest BCUT2D eigenvalue weighted by Gasteiger charge is 2.04. The van der Waals surface area contributed by atoms with Gasteiger partial charge in [0.2, 0.25) is 0 Å². The highest BCUT2D eigenvalue weighted by Crippen LogP contribution is 2.23. The highest BCUT2D eigenvalue weighted by molar-refractivity contribution is 6.35. The molecule has 2 rings (SSSR count). The molecule has 0 radical (unpaired) electrons. The van der Waals surface area contributed by atoms with Gasteiger partial charge in [-0.2, -0.15) is 0 Å². The maximum atomic E-state index is 13.5. The number of benzene rings is 2. The molecule has 0 saturated carbocycles. The lowest BCUT2D eigenvalue weighted by Gasteiger charge is -2.08. The number of halogens is 4. The average Bonchev–Trinajstić information content (AvgIpc) is 2.29. The van der Waals surface area contributed by atoms with E-state index in [4.69, 9.17) is 34.8 Å². The van der Waals surface area contributed by atoms with Crippen molar-refractivity contribution in [3.05, 3.63) is 62.8 Å². The Morgan fingerprint density at radius 2 is 1.56 bits per heavy atom. The number of anilines is 1. The third-order valence-electron chi connectivity index (χ3n) is 2.35. The number of rotatable bonds is 3. The molecule has 0 aliphatic carbocycles.